The topological polar surface area (TPSA) is 72.9 Å². The van der Waals surface area contributed by atoms with Gasteiger partial charge in [0.2, 0.25) is 0 Å². The fourth-order valence-electron chi connectivity index (χ4n) is 3.11. The molecule has 1 atom stereocenters. The molecule has 2 heterocycles. The average Bonchev–Trinajstić information content (AvgIpc) is 3.19. The first kappa shape index (κ1) is 18.1. The van der Waals surface area contributed by atoms with Gasteiger partial charge in [0.15, 0.2) is 17.3 Å². The molecule has 7 heteroatoms. The number of rotatable bonds is 6. The van der Waals surface area contributed by atoms with Crippen molar-refractivity contribution in [3.8, 4) is 11.5 Å². The van der Waals surface area contributed by atoms with Crippen LogP contribution >= 0.6 is 11.3 Å². The van der Waals surface area contributed by atoms with Gasteiger partial charge in [0.1, 0.15) is 5.54 Å². The molecule has 1 unspecified atom stereocenters. The number of amides is 2. The fraction of sp³-hybridized carbons (Fsp3) is 0.316. The lowest BCUT2D eigenvalue weighted by Crippen LogP contribution is -2.52. The first-order chi connectivity index (χ1) is 12.4. The largest absolute Gasteiger partial charge is 0.493 e. The number of thiophene rings is 1. The number of Topliss-reactive ketones (excluding diaryl/α,β-unsaturated/α-hetero) is 1. The fourth-order valence-corrected chi connectivity index (χ4v) is 3.90. The zero-order valence-electron chi connectivity index (χ0n) is 15.0. The van der Waals surface area contributed by atoms with Gasteiger partial charge in [-0.15, -0.1) is 0 Å². The molecule has 0 saturated carbocycles. The number of ketones is 1. The summed E-state index contributed by atoms with van der Waals surface area (Å²) in [4.78, 5) is 39.3. The van der Waals surface area contributed by atoms with Crippen molar-refractivity contribution >= 4 is 28.9 Å². The highest BCUT2D eigenvalue weighted by molar-refractivity contribution is 7.08. The van der Waals surface area contributed by atoms with Gasteiger partial charge in [-0.2, -0.15) is 11.3 Å². The molecule has 26 heavy (non-hydrogen) atoms. The smallest absolute Gasteiger partial charge is 0.263 e. The van der Waals surface area contributed by atoms with Crippen LogP contribution < -0.4 is 9.47 Å². The second-order valence-corrected chi connectivity index (χ2v) is 6.82. The Morgan fingerprint density at radius 2 is 1.77 bits per heavy atom. The van der Waals surface area contributed by atoms with E-state index in [-0.39, 0.29) is 5.78 Å². The standard InChI is InChI=1S/C19H19NO5S/c1-5-25-16-8-12(6-7-15(16)24-4)19(3,11(2)21)20-17(22)13-9-26-10-14(13)18(20)23/h6-10H,5H2,1-4H3. The zero-order chi connectivity index (χ0) is 19.1. The minimum atomic E-state index is -1.44. The molecule has 1 aromatic heterocycles. The maximum Gasteiger partial charge on any atom is 0.263 e. The van der Waals surface area contributed by atoms with E-state index >= 15 is 0 Å². The van der Waals surface area contributed by atoms with Crippen LogP contribution in [0.15, 0.2) is 29.0 Å². The van der Waals surface area contributed by atoms with E-state index < -0.39 is 17.4 Å². The number of hydrogen-bond donors (Lipinski definition) is 0. The maximum atomic E-state index is 12.8. The molecule has 1 aliphatic heterocycles. The Bertz CT molecular complexity index is 873. The van der Waals surface area contributed by atoms with Gasteiger partial charge in [-0.1, -0.05) is 6.07 Å². The quantitative estimate of drug-likeness (QED) is 0.727. The highest BCUT2D eigenvalue weighted by Crippen LogP contribution is 2.40. The van der Waals surface area contributed by atoms with E-state index in [0.717, 1.165) is 4.90 Å². The molecular weight excluding hydrogens is 354 g/mol. The SMILES string of the molecule is CCOc1cc(C(C)(C(C)=O)N2C(=O)c3cscc3C2=O)ccc1OC. The zero-order valence-corrected chi connectivity index (χ0v) is 15.8. The Hall–Kier alpha value is -2.67. The number of ether oxygens (including phenoxy) is 2. The van der Waals surface area contributed by atoms with E-state index in [1.165, 1.54) is 25.4 Å². The molecule has 0 N–H and O–H groups in total. The maximum absolute atomic E-state index is 12.8. The lowest BCUT2D eigenvalue weighted by atomic mass is 9.86. The second-order valence-electron chi connectivity index (χ2n) is 6.07. The van der Waals surface area contributed by atoms with E-state index in [4.69, 9.17) is 9.47 Å². The number of carbonyl (C=O) groups is 3. The summed E-state index contributed by atoms with van der Waals surface area (Å²) in [6.07, 6.45) is 0. The third kappa shape index (κ3) is 2.50. The Balaban J connectivity index is 2.14. The van der Waals surface area contributed by atoms with Gasteiger partial charge in [0, 0.05) is 10.8 Å². The second kappa shape index (κ2) is 6.57. The Kier molecular flexibility index (Phi) is 4.58. The van der Waals surface area contributed by atoms with Gasteiger partial charge in [0.25, 0.3) is 11.8 Å². The number of nitrogens with zero attached hydrogens (tertiary/aromatic N) is 1. The molecule has 1 aliphatic rings. The third-order valence-electron chi connectivity index (χ3n) is 4.69. The van der Waals surface area contributed by atoms with Crippen molar-refractivity contribution in [3.05, 3.63) is 45.6 Å². The van der Waals surface area contributed by atoms with Crippen LogP contribution in [-0.4, -0.2) is 36.2 Å². The van der Waals surface area contributed by atoms with Crippen LogP contribution in [0.3, 0.4) is 0 Å². The molecule has 1 aromatic carbocycles. The summed E-state index contributed by atoms with van der Waals surface area (Å²) < 4.78 is 10.9. The van der Waals surface area contributed by atoms with Crippen LogP contribution in [0.25, 0.3) is 0 Å². The minimum Gasteiger partial charge on any atom is -0.493 e. The van der Waals surface area contributed by atoms with Crippen molar-refractivity contribution in [2.24, 2.45) is 0 Å². The highest BCUT2D eigenvalue weighted by Gasteiger charge is 2.50. The van der Waals surface area contributed by atoms with E-state index in [1.807, 2.05) is 6.92 Å². The molecule has 0 aliphatic carbocycles. The van der Waals surface area contributed by atoms with Gasteiger partial charge < -0.3 is 9.47 Å². The predicted octanol–water partition coefficient (Wildman–Crippen LogP) is 3.26. The molecule has 2 aromatic rings. The summed E-state index contributed by atoms with van der Waals surface area (Å²) in [5.74, 6) is -0.274. The first-order valence-electron chi connectivity index (χ1n) is 8.13. The molecule has 136 valence electrons. The molecular formula is C19H19NO5S. The van der Waals surface area contributed by atoms with Crippen molar-refractivity contribution in [3.63, 3.8) is 0 Å². The van der Waals surface area contributed by atoms with E-state index in [1.54, 1.807) is 35.9 Å². The summed E-state index contributed by atoms with van der Waals surface area (Å²) in [5, 5.41) is 3.27. The van der Waals surface area contributed by atoms with Gasteiger partial charge in [-0.3, -0.25) is 19.3 Å². The molecule has 3 rings (SSSR count). The monoisotopic (exact) mass is 373 g/mol. The molecule has 0 fully saturated rings. The van der Waals surface area contributed by atoms with Gasteiger partial charge in [0.05, 0.1) is 24.8 Å². The predicted molar refractivity (Wildman–Crippen MR) is 97.0 cm³/mol. The molecule has 2 amide bonds. The molecule has 0 spiro atoms. The highest BCUT2D eigenvalue weighted by atomic mass is 32.1. The van der Waals surface area contributed by atoms with Gasteiger partial charge in [-0.05, 0) is 38.5 Å². The number of methoxy groups -OCH3 is 1. The number of hydrogen-bond acceptors (Lipinski definition) is 6. The lowest BCUT2D eigenvalue weighted by molar-refractivity contribution is -0.126. The Morgan fingerprint density at radius 1 is 1.15 bits per heavy atom. The van der Waals surface area contributed by atoms with Crippen LogP contribution in [0.4, 0.5) is 0 Å². The van der Waals surface area contributed by atoms with E-state index in [9.17, 15) is 14.4 Å². The number of benzene rings is 1. The summed E-state index contributed by atoms with van der Waals surface area (Å²) in [5.41, 5.74) is -0.273. The average molecular weight is 373 g/mol. The van der Waals surface area contributed by atoms with Gasteiger partial charge >= 0.3 is 0 Å². The van der Waals surface area contributed by atoms with Crippen molar-refractivity contribution in [1.29, 1.82) is 0 Å². The van der Waals surface area contributed by atoms with Crippen LogP contribution in [0, 0.1) is 0 Å². The van der Waals surface area contributed by atoms with Crippen molar-refractivity contribution in [1.82, 2.24) is 4.90 Å². The number of carbonyl (C=O) groups excluding carboxylic acids is 3. The van der Waals surface area contributed by atoms with Crippen molar-refractivity contribution in [2.45, 2.75) is 26.3 Å². The van der Waals surface area contributed by atoms with Crippen LogP contribution in [0.1, 0.15) is 47.1 Å². The summed E-state index contributed by atoms with van der Waals surface area (Å²) >= 11 is 1.29. The molecule has 0 saturated heterocycles. The van der Waals surface area contributed by atoms with Crippen LogP contribution in [-0.2, 0) is 10.3 Å². The molecule has 0 radical (unpaired) electrons. The molecule has 0 bridgehead atoms. The van der Waals surface area contributed by atoms with E-state index in [2.05, 4.69) is 0 Å². The lowest BCUT2D eigenvalue weighted by Gasteiger charge is -2.36. The van der Waals surface area contributed by atoms with Crippen LogP contribution in [0.2, 0.25) is 0 Å². The number of imide groups is 1. The van der Waals surface area contributed by atoms with Crippen molar-refractivity contribution in [2.75, 3.05) is 13.7 Å². The Morgan fingerprint density at radius 3 is 2.27 bits per heavy atom. The minimum absolute atomic E-state index is 0.319. The Labute approximate surface area is 155 Å². The molecule has 6 nitrogen and oxygen atoms in total. The van der Waals surface area contributed by atoms with Gasteiger partial charge in [-0.25, -0.2) is 0 Å². The summed E-state index contributed by atoms with van der Waals surface area (Å²) in [7, 11) is 1.52. The summed E-state index contributed by atoms with van der Waals surface area (Å²) in [6.45, 7) is 5.20. The third-order valence-corrected chi connectivity index (χ3v) is 5.43. The van der Waals surface area contributed by atoms with Crippen LogP contribution in [0.5, 0.6) is 11.5 Å². The number of fused-ring (bicyclic) bond motifs is 1. The summed E-state index contributed by atoms with van der Waals surface area (Å²) in [6, 6.07) is 4.99. The van der Waals surface area contributed by atoms with E-state index in [0.29, 0.717) is 34.8 Å². The first-order valence-corrected chi connectivity index (χ1v) is 9.08. The van der Waals surface area contributed by atoms with Crippen molar-refractivity contribution < 1.29 is 23.9 Å². The normalized spacial score (nSPS) is 15.6.